The van der Waals surface area contributed by atoms with Gasteiger partial charge in [0.25, 0.3) is 0 Å². The van der Waals surface area contributed by atoms with E-state index in [4.69, 9.17) is 5.73 Å². The maximum absolute atomic E-state index is 12.3. The van der Waals surface area contributed by atoms with E-state index in [0.29, 0.717) is 6.54 Å². The minimum absolute atomic E-state index is 0.0245. The van der Waals surface area contributed by atoms with E-state index in [0.717, 1.165) is 19.4 Å². The van der Waals surface area contributed by atoms with Crippen LogP contribution in [0.25, 0.3) is 0 Å². The van der Waals surface area contributed by atoms with Gasteiger partial charge in [0.05, 0.1) is 12.7 Å². The zero-order valence-electron chi connectivity index (χ0n) is 8.00. The quantitative estimate of drug-likeness (QED) is 0.687. The highest BCUT2D eigenvalue weighted by molar-refractivity contribution is 5.81. The first-order chi connectivity index (χ1) is 6.15. The van der Waals surface area contributed by atoms with Crippen LogP contribution in [0.15, 0.2) is 0 Å². The minimum atomic E-state index is -0.460. The van der Waals surface area contributed by atoms with E-state index >= 15 is 0 Å². The second-order valence-electron chi connectivity index (χ2n) is 3.74. The van der Waals surface area contributed by atoms with Crippen molar-refractivity contribution in [2.75, 3.05) is 19.8 Å². The Morgan fingerprint density at radius 1 is 1.77 bits per heavy atom. The number of rotatable bonds is 2. The average molecular weight is 188 g/mol. The third-order valence-electron chi connectivity index (χ3n) is 2.44. The van der Waals surface area contributed by atoms with Crippen LogP contribution >= 0.6 is 0 Å². The molecule has 0 aliphatic carbocycles. The number of carbonyl (C=O) groups excluding carboxylic acids is 1. The van der Waals surface area contributed by atoms with E-state index in [-0.39, 0.29) is 18.5 Å². The third kappa shape index (κ3) is 2.66. The monoisotopic (exact) mass is 188 g/mol. The number of alkyl halides is 1. The predicted molar refractivity (Wildman–Crippen MR) is 48.9 cm³/mol. The molecule has 1 aliphatic heterocycles. The number of hydrogen-bond acceptors (Lipinski definition) is 2. The maximum Gasteiger partial charge on any atom is 0.239 e. The standard InChI is InChI=1S/C9H17FN2O/c1-7(11)9(13)12-4-2-3-8(5-10)6-12/h7-8H,2-6,11H2,1H3/t7-,8+/m1/s1. The van der Waals surface area contributed by atoms with Crippen LogP contribution in [0.2, 0.25) is 0 Å². The number of amides is 1. The lowest BCUT2D eigenvalue weighted by atomic mass is 9.99. The van der Waals surface area contributed by atoms with Crippen LogP contribution in [0.4, 0.5) is 4.39 Å². The lowest BCUT2D eigenvalue weighted by molar-refractivity contribution is -0.134. The van der Waals surface area contributed by atoms with Gasteiger partial charge < -0.3 is 10.6 Å². The van der Waals surface area contributed by atoms with Crippen molar-refractivity contribution in [2.45, 2.75) is 25.8 Å². The molecule has 13 heavy (non-hydrogen) atoms. The molecule has 0 saturated carbocycles. The Morgan fingerprint density at radius 3 is 3.00 bits per heavy atom. The van der Waals surface area contributed by atoms with Gasteiger partial charge in [0.2, 0.25) is 5.91 Å². The highest BCUT2D eigenvalue weighted by Crippen LogP contribution is 2.17. The topological polar surface area (TPSA) is 46.3 Å². The molecule has 1 aliphatic rings. The van der Waals surface area contributed by atoms with Crippen LogP contribution in [0.5, 0.6) is 0 Å². The van der Waals surface area contributed by atoms with Gasteiger partial charge in [-0.3, -0.25) is 9.18 Å². The van der Waals surface area contributed by atoms with E-state index in [1.807, 2.05) is 0 Å². The number of nitrogens with zero attached hydrogens (tertiary/aromatic N) is 1. The first-order valence-electron chi connectivity index (χ1n) is 4.75. The number of nitrogens with two attached hydrogens (primary N) is 1. The molecule has 1 fully saturated rings. The summed E-state index contributed by atoms with van der Waals surface area (Å²) in [7, 11) is 0. The zero-order valence-corrected chi connectivity index (χ0v) is 8.00. The SMILES string of the molecule is C[C@@H](N)C(=O)N1CCC[C@@H](CF)C1. The number of carbonyl (C=O) groups is 1. The van der Waals surface area contributed by atoms with Gasteiger partial charge in [-0.05, 0) is 19.8 Å². The molecule has 0 radical (unpaired) electrons. The number of likely N-dealkylation sites (tertiary alicyclic amines) is 1. The summed E-state index contributed by atoms with van der Waals surface area (Å²) in [5, 5.41) is 0. The first kappa shape index (κ1) is 10.4. The van der Waals surface area contributed by atoms with Crippen molar-refractivity contribution < 1.29 is 9.18 Å². The molecular formula is C9H17FN2O. The van der Waals surface area contributed by atoms with Crippen LogP contribution in [0.1, 0.15) is 19.8 Å². The number of piperidine rings is 1. The van der Waals surface area contributed by atoms with E-state index in [1.54, 1.807) is 11.8 Å². The number of hydrogen-bond donors (Lipinski definition) is 1. The van der Waals surface area contributed by atoms with Crippen LogP contribution in [-0.4, -0.2) is 36.6 Å². The van der Waals surface area contributed by atoms with Crippen molar-refractivity contribution in [3.63, 3.8) is 0 Å². The zero-order chi connectivity index (χ0) is 9.84. The van der Waals surface area contributed by atoms with Gasteiger partial charge >= 0.3 is 0 Å². The van der Waals surface area contributed by atoms with Crippen molar-refractivity contribution in [2.24, 2.45) is 11.7 Å². The molecule has 1 heterocycles. The largest absolute Gasteiger partial charge is 0.341 e. The molecule has 0 aromatic carbocycles. The van der Waals surface area contributed by atoms with Gasteiger partial charge in [-0.25, -0.2) is 0 Å². The van der Waals surface area contributed by atoms with Crippen LogP contribution in [0.3, 0.4) is 0 Å². The minimum Gasteiger partial charge on any atom is -0.341 e. The van der Waals surface area contributed by atoms with Crippen molar-refractivity contribution in [1.82, 2.24) is 4.90 Å². The van der Waals surface area contributed by atoms with Crippen LogP contribution in [0, 0.1) is 5.92 Å². The summed E-state index contributed by atoms with van der Waals surface area (Å²) in [6.07, 6.45) is 1.78. The Kier molecular flexibility index (Phi) is 3.66. The molecule has 2 N–H and O–H groups in total. The molecule has 1 amide bonds. The molecule has 0 aromatic rings. The average Bonchev–Trinajstić information content (AvgIpc) is 2.16. The van der Waals surface area contributed by atoms with E-state index < -0.39 is 6.04 Å². The summed E-state index contributed by atoms with van der Waals surface area (Å²) in [5.41, 5.74) is 5.47. The van der Waals surface area contributed by atoms with E-state index in [9.17, 15) is 9.18 Å². The fraction of sp³-hybridized carbons (Fsp3) is 0.889. The van der Waals surface area contributed by atoms with Crippen molar-refractivity contribution >= 4 is 5.91 Å². The molecule has 1 saturated heterocycles. The van der Waals surface area contributed by atoms with E-state index in [2.05, 4.69) is 0 Å². The lowest BCUT2D eigenvalue weighted by Crippen LogP contribution is -2.47. The smallest absolute Gasteiger partial charge is 0.239 e. The highest BCUT2D eigenvalue weighted by Gasteiger charge is 2.24. The molecular weight excluding hydrogens is 171 g/mol. The Labute approximate surface area is 78.1 Å². The van der Waals surface area contributed by atoms with Crippen molar-refractivity contribution in [1.29, 1.82) is 0 Å². The highest BCUT2D eigenvalue weighted by atomic mass is 19.1. The van der Waals surface area contributed by atoms with E-state index in [1.165, 1.54) is 0 Å². The Balaban J connectivity index is 2.46. The second-order valence-corrected chi connectivity index (χ2v) is 3.74. The summed E-state index contributed by atoms with van der Waals surface area (Å²) in [4.78, 5) is 13.1. The summed E-state index contributed by atoms with van der Waals surface area (Å²) in [6.45, 7) is 2.61. The summed E-state index contributed by atoms with van der Waals surface area (Å²) in [5.74, 6) is -0.0328. The number of halogens is 1. The molecule has 0 unspecified atom stereocenters. The molecule has 76 valence electrons. The predicted octanol–water partition coefficient (Wildman–Crippen LogP) is 0.542. The third-order valence-corrected chi connectivity index (χ3v) is 2.44. The van der Waals surface area contributed by atoms with Crippen molar-refractivity contribution in [3.8, 4) is 0 Å². The fourth-order valence-corrected chi connectivity index (χ4v) is 1.68. The Hall–Kier alpha value is -0.640. The molecule has 2 atom stereocenters. The van der Waals surface area contributed by atoms with Gasteiger partial charge in [-0.1, -0.05) is 0 Å². The van der Waals surface area contributed by atoms with Crippen molar-refractivity contribution in [3.05, 3.63) is 0 Å². The van der Waals surface area contributed by atoms with Gasteiger partial charge in [0.1, 0.15) is 0 Å². The van der Waals surface area contributed by atoms with Gasteiger partial charge in [0, 0.05) is 19.0 Å². The second kappa shape index (κ2) is 4.56. The molecule has 0 aromatic heterocycles. The summed E-state index contributed by atoms with van der Waals surface area (Å²) in [6, 6.07) is -0.460. The maximum atomic E-state index is 12.3. The summed E-state index contributed by atoms with van der Waals surface area (Å²) < 4.78 is 12.3. The molecule has 4 heteroatoms. The summed E-state index contributed by atoms with van der Waals surface area (Å²) >= 11 is 0. The molecule has 0 spiro atoms. The molecule has 3 nitrogen and oxygen atoms in total. The van der Waals surface area contributed by atoms with Crippen LogP contribution in [-0.2, 0) is 4.79 Å². The normalized spacial score (nSPS) is 25.8. The van der Waals surface area contributed by atoms with Gasteiger partial charge in [-0.2, -0.15) is 0 Å². The lowest BCUT2D eigenvalue weighted by Gasteiger charge is -2.32. The fourth-order valence-electron chi connectivity index (χ4n) is 1.68. The molecule has 0 bridgehead atoms. The Bertz CT molecular complexity index is 184. The first-order valence-corrected chi connectivity index (χ1v) is 4.75. The van der Waals surface area contributed by atoms with Gasteiger partial charge in [-0.15, -0.1) is 0 Å². The Morgan fingerprint density at radius 2 is 2.46 bits per heavy atom. The molecule has 1 rings (SSSR count). The van der Waals surface area contributed by atoms with Crippen LogP contribution < -0.4 is 5.73 Å². The van der Waals surface area contributed by atoms with Gasteiger partial charge in [0.15, 0.2) is 0 Å².